The number of benzene rings is 1. The molecule has 8 nitrogen and oxygen atoms in total. The van der Waals surface area contributed by atoms with E-state index in [-0.39, 0.29) is 17.8 Å². The Morgan fingerprint density at radius 1 is 1.09 bits per heavy atom. The highest BCUT2D eigenvalue weighted by Gasteiger charge is 2.34. The largest absolute Gasteiger partial charge is 0.347 e. The fourth-order valence-corrected chi connectivity index (χ4v) is 4.44. The number of aromatic nitrogens is 5. The minimum atomic E-state index is -0.332. The number of hydrogen-bond donors (Lipinski definition) is 0. The van der Waals surface area contributed by atoms with Gasteiger partial charge in [0.1, 0.15) is 11.5 Å². The quantitative estimate of drug-likeness (QED) is 0.436. The van der Waals surface area contributed by atoms with Crippen LogP contribution in [0, 0.1) is 5.82 Å². The second kappa shape index (κ2) is 9.25. The van der Waals surface area contributed by atoms with Crippen molar-refractivity contribution in [3.63, 3.8) is 0 Å². The second-order valence-corrected chi connectivity index (χ2v) is 8.84. The minimum Gasteiger partial charge on any atom is -0.347 e. The lowest BCUT2D eigenvalue weighted by Crippen LogP contribution is -2.32. The normalized spacial score (nSPS) is 15.4. The lowest BCUT2D eigenvalue weighted by Gasteiger charge is -2.26. The summed E-state index contributed by atoms with van der Waals surface area (Å²) in [7, 11) is 5.58. The lowest BCUT2D eigenvalue weighted by atomic mass is 9.99. The predicted octanol–water partition coefficient (Wildman–Crippen LogP) is 4.12. The molecular weight excluding hydrogens is 445 g/mol. The molecule has 0 radical (unpaired) electrons. The maximum absolute atomic E-state index is 14.0. The molecule has 4 aromatic rings. The summed E-state index contributed by atoms with van der Waals surface area (Å²) in [5, 5.41) is 4.20. The van der Waals surface area contributed by atoms with Crippen molar-refractivity contribution in [3.8, 4) is 22.4 Å². The van der Waals surface area contributed by atoms with E-state index >= 15 is 0 Å². The average molecular weight is 472 g/mol. The standard InChI is InChI=1S/C26H26FN7O/c1-32(2)26-28-15-20(17-7-4-8-19(27)13-17)24(31-26)23-11-6-12-34(23)25(35)22-10-5-9-21(30-22)18-14-29-33(3)16-18/h4-5,7-10,13-16,23H,6,11-12H2,1-3H3/t23-/m0/s1. The number of carbonyl (C=O) groups excluding carboxylic acids is 1. The van der Waals surface area contributed by atoms with Crippen LogP contribution < -0.4 is 4.90 Å². The predicted molar refractivity (Wildman–Crippen MR) is 131 cm³/mol. The number of anilines is 1. The van der Waals surface area contributed by atoms with Crippen LogP contribution in [0.25, 0.3) is 22.4 Å². The van der Waals surface area contributed by atoms with Crippen molar-refractivity contribution in [2.75, 3.05) is 25.5 Å². The molecule has 5 rings (SSSR count). The number of rotatable bonds is 5. The van der Waals surface area contributed by atoms with E-state index in [1.807, 2.05) is 55.3 Å². The van der Waals surface area contributed by atoms with Crippen molar-refractivity contribution in [2.24, 2.45) is 7.05 Å². The van der Waals surface area contributed by atoms with Gasteiger partial charge in [-0.15, -0.1) is 0 Å². The molecule has 1 aliphatic rings. The first-order valence-corrected chi connectivity index (χ1v) is 11.5. The molecule has 1 saturated heterocycles. The summed E-state index contributed by atoms with van der Waals surface area (Å²) >= 11 is 0. The summed E-state index contributed by atoms with van der Waals surface area (Å²) in [6.45, 7) is 0.589. The Hall–Kier alpha value is -4.14. The Morgan fingerprint density at radius 3 is 2.66 bits per heavy atom. The van der Waals surface area contributed by atoms with Crippen molar-refractivity contribution in [1.29, 1.82) is 0 Å². The molecule has 9 heteroatoms. The molecule has 0 aliphatic carbocycles. The molecule has 1 atom stereocenters. The van der Waals surface area contributed by atoms with Gasteiger partial charge >= 0.3 is 0 Å². The van der Waals surface area contributed by atoms with Crippen molar-refractivity contribution < 1.29 is 9.18 Å². The third-order valence-electron chi connectivity index (χ3n) is 6.14. The highest BCUT2D eigenvalue weighted by molar-refractivity contribution is 5.93. The van der Waals surface area contributed by atoms with E-state index in [1.165, 1.54) is 12.1 Å². The molecule has 3 aromatic heterocycles. The Bertz CT molecular complexity index is 1380. The second-order valence-electron chi connectivity index (χ2n) is 8.84. The summed E-state index contributed by atoms with van der Waals surface area (Å²) in [6.07, 6.45) is 6.89. The molecule has 0 N–H and O–H groups in total. The van der Waals surface area contributed by atoms with Gasteiger partial charge in [-0.3, -0.25) is 9.48 Å². The van der Waals surface area contributed by atoms with Gasteiger partial charge in [0, 0.05) is 51.2 Å². The van der Waals surface area contributed by atoms with Crippen molar-refractivity contribution in [3.05, 3.63) is 78.3 Å². The number of aryl methyl sites for hydroxylation is 1. The van der Waals surface area contributed by atoms with E-state index < -0.39 is 0 Å². The van der Waals surface area contributed by atoms with Gasteiger partial charge in [0.25, 0.3) is 5.91 Å². The highest BCUT2D eigenvalue weighted by Crippen LogP contribution is 2.38. The minimum absolute atomic E-state index is 0.159. The third-order valence-corrected chi connectivity index (χ3v) is 6.14. The fraction of sp³-hybridized carbons (Fsp3) is 0.269. The van der Waals surface area contributed by atoms with Crippen molar-refractivity contribution in [1.82, 2.24) is 29.6 Å². The van der Waals surface area contributed by atoms with Crippen molar-refractivity contribution in [2.45, 2.75) is 18.9 Å². The molecule has 0 unspecified atom stereocenters. The van der Waals surface area contributed by atoms with Crippen LogP contribution in [0.2, 0.25) is 0 Å². The molecule has 0 spiro atoms. The summed E-state index contributed by atoms with van der Waals surface area (Å²) in [5.74, 6) is 0.0468. The third kappa shape index (κ3) is 4.49. The maximum atomic E-state index is 14.0. The van der Waals surface area contributed by atoms with Gasteiger partial charge in [-0.05, 0) is 42.7 Å². The van der Waals surface area contributed by atoms with Crippen LogP contribution in [-0.2, 0) is 7.05 Å². The van der Waals surface area contributed by atoms with E-state index in [1.54, 1.807) is 29.2 Å². The van der Waals surface area contributed by atoms with Crippen LogP contribution in [-0.4, -0.2) is 56.2 Å². The Balaban J connectivity index is 1.53. The van der Waals surface area contributed by atoms with Crippen LogP contribution in [0.5, 0.6) is 0 Å². The zero-order valence-electron chi connectivity index (χ0n) is 19.9. The van der Waals surface area contributed by atoms with Gasteiger partial charge in [0.2, 0.25) is 5.95 Å². The van der Waals surface area contributed by atoms with E-state index in [0.29, 0.717) is 35.1 Å². The van der Waals surface area contributed by atoms with E-state index in [9.17, 15) is 9.18 Å². The summed E-state index contributed by atoms with van der Waals surface area (Å²) in [4.78, 5) is 31.2. The molecule has 1 aliphatic heterocycles. The van der Waals surface area contributed by atoms with Gasteiger partial charge in [0.05, 0.1) is 23.6 Å². The topological polar surface area (TPSA) is 80.0 Å². The summed E-state index contributed by atoms with van der Waals surface area (Å²) in [5.41, 5.74) is 4.02. The smallest absolute Gasteiger partial charge is 0.273 e. The van der Waals surface area contributed by atoms with Crippen LogP contribution >= 0.6 is 0 Å². The molecule has 0 bridgehead atoms. The molecule has 35 heavy (non-hydrogen) atoms. The van der Waals surface area contributed by atoms with Gasteiger partial charge in [-0.2, -0.15) is 5.10 Å². The first kappa shape index (κ1) is 22.6. The van der Waals surface area contributed by atoms with E-state index in [4.69, 9.17) is 4.98 Å². The first-order valence-electron chi connectivity index (χ1n) is 11.5. The molecule has 1 amide bonds. The SMILES string of the molecule is CN(C)c1ncc(-c2cccc(F)c2)c([C@@H]2CCCN2C(=O)c2cccc(-c3cnn(C)c3)n2)n1. The number of carbonyl (C=O) groups is 1. The molecule has 1 fully saturated rings. The monoisotopic (exact) mass is 471 g/mol. The van der Waals surface area contributed by atoms with Gasteiger partial charge in [-0.25, -0.2) is 19.3 Å². The Labute approximate surface area is 203 Å². The number of halogens is 1. The van der Waals surface area contributed by atoms with E-state index in [0.717, 1.165) is 24.0 Å². The summed E-state index contributed by atoms with van der Waals surface area (Å²) < 4.78 is 15.7. The van der Waals surface area contributed by atoms with Gasteiger partial charge in [0.15, 0.2) is 0 Å². The average Bonchev–Trinajstić information content (AvgIpc) is 3.52. The fourth-order valence-electron chi connectivity index (χ4n) is 4.44. The number of hydrogen-bond acceptors (Lipinski definition) is 6. The molecule has 1 aromatic carbocycles. The van der Waals surface area contributed by atoms with Gasteiger partial charge < -0.3 is 9.80 Å². The summed E-state index contributed by atoms with van der Waals surface area (Å²) in [6, 6.07) is 11.5. The first-order chi connectivity index (χ1) is 16.9. The zero-order valence-corrected chi connectivity index (χ0v) is 19.9. The highest BCUT2D eigenvalue weighted by atomic mass is 19.1. The molecule has 178 valence electrons. The van der Waals surface area contributed by atoms with Gasteiger partial charge in [-0.1, -0.05) is 18.2 Å². The van der Waals surface area contributed by atoms with E-state index in [2.05, 4.69) is 15.1 Å². The van der Waals surface area contributed by atoms with Crippen LogP contribution in [0.3, 0.4) is 0 Å². The van der Waals surface area contributed by atoms with Crippen molar-refractivity contribution >= 4 is 11.9 Å². The van der Waals surface area contributed by atoms with Crippen LogP contribution in [0.15, 0.2) is 61.1 Å². The molecule has 0 saturated carbocycles. The molecular formula is C26H26FN7O. The lowest BCUT2D eigenvalue weighted by molar-refractivity contribution is 0.0727. The Kier molecular flexibility index (Phi) is 5.98. The Morgan fingerprint density at radius 2 is 1.91 bits per heavy atom. The number of pyridine rings is 1. The number of nitrogens with zero attached hydrogens (tertiary/aromatic N) is 7. The number of amides is 1. The van der Waals surface area contributed by atoms with Crippen LogP contribution in [0.1, 0.15) is 35.1 Å². The zero-order chi connectivity index (χ0) is 24.5. The van der Waals surface area contributed by atoms with Crippen LogP contribution in [0.4, 0.5) is 10.3 Å². The molecule has 4 heterocycles. The number of likely N-dealkylation sites (tertiary alicyclic amines) is 1. The maximum Gasteiger partial charge on any atom is 0.273 e.